The molecule has 9 heteroatoms. The first-order chi connectivity index (χ1) is 15.1. The van der Waals surface area contributed by atoms with E-state index in [4.69, 9.17) is 4.74 Å². The summed E-state index contributed by atoms with van der Waals surface area (Å²) < 4.78 is 6.26. The summed E-state index contributed by atoms with van der Waals surface area (Å²) in [6, 6.07) is 17.1. The van der Waals surface area contributed by atoms with E-state index in [0.717, 1.165) is 16.5 Å². The van der Waals surface area contributed by atoms with Gasteiger partial charge in [0.05, 0.1) is 30.1 Å². The van der Waals surface area contributed by atoms with Crippen LogP contribution < -0.4 is 10.9 Å². The topological polar surface area (TPSA) is 86.1 Å². The number of hydrogen-bond acceptors (Lipinski definition) is 8. The van der Waals surface area contributed by atoms with E-state index < -0.39 is 0 Å². The number of anilines is 2. The second-order valence-electron chi connectivity index (χ2n) is 6.62. The van der Waals surface area contributed by atoms with Crippen molar-refractivity contribution in [2.75, 3.05) is 12.4 Å². The standard InChI is InChI=1S/C22H20N4O3S2/c1-29-19(27)11-12-26-20(28)17-9-5-6-10-18(17)25-22(26)31-14-16-13-30-21(24-16)23-15-7-3-2-4-8-15/h2-10,13H,11-12,14H2,1H3,(H,23,24). The Balaban J connectivity index is 1.54. The summed E-state index contributed by atoms with van der Waals surface area (Å²) in [7, 11) is 1.34. The van der Waals surface area contributed by atoms with Gasteiger partial charge in [0.1, 0.15) is 0 Å². The molecule has 0 atom stereocenters. The maximum Gasteiger partial charge on any atom is 0.307 e. The summed E-state index contributed by atoms with van der Waals surface area (Å²) in [5, 5.41) is 7.15. The zero-order valence-electron chi connectivity index (χ0n) is 16.8. The highest BCUT2D eigenvalue weighted by Gasteiger charge is 2.14. The van der Waals surface area contributed by atoms with Gasteiger partial charge in [-0.2, -0.15) is 0 Å². The van der Waals surface area contributed by atoms with Gasteiger partial charge < -0.3 is 10.1 Å². The number of hydrogen-bond donors (Lipinski definition) is 1. The molecule has 0 amide bonds. The minimum absolute atomic E-state index is 0.103. The molecule has 0 fully saturated rings. The molecule has 7 nitrogen and oxygen atoms in total. The van der Waals surface area contributed by atoms with Crippen LogP contribution >= 0.6 is 23.1 Å². The second-order valence-corrected chi connectivity index (χ2v) is 8.42. The second kappa shape index (κ2) is 9.76. The number of nitrogens with zero attached hydrogens (tertiary/aromatic N) is 3. The molecule has 2 heterocycles. The van der Waals surface area contributed by atoms with Gasteiger partial charge >= 0.3 is 5.97 Å². The van der Waals surface area contributed by atoms with Crippen LogP contribution in [0.3, 0.4) is 0 Å². The van der Waals surface area contributed by atoms with Gasteiger partial charge in [-0.25, -0.2) is 9.97 Å². The summed E-state index contributed by atoms with van der Waals surface area (Å²) in [5.41, 5.74) is 2.33. The number of rotatable bonds is 8. The predicted molar refractivity (Wildman–Crippen MR) is 124 cm³/mol. The van der Waals surface area contributed by atoms with Crippen LogP contribution in [0.25, 0.3) is 10.9 Å². The highest BCUT2D eigenvalue weighted by Crippen LogP contribution is 2.26. The fraction of sp³-hybridized carbons (Fsp3) is 0.182. The SMILES string of the molecule is COC(=O)CCn1c(SCc2csc(Nc3ccccc3)n2)nc2ccccc2c1=O. The van der Waals surface area contributed by atoms with Gasteiger partial charge in [0.15, 0.2) is 10.3 Å². The lowest BCUT2D eigenvalue weighted by Gasteiger charge is -2.12. The van der Waals surface area contributed by atoms with Gasteiger partial charge in [-0.1, -0.05) is 42.1 Å². The molecule has 0 aliphatic heterocycles. The van der Waals surface area contributed by atoms with Crippen LogP contribution in [-0.4, -0.2) is 27.6 Å². The number of thiazole rings is 1. The number of ether oxygens (including phenoxy) is 1. The average molecular weight is 453 g/mol. The van der Waals surface area contributed by atoms with Crippen LogP contribution in [0.4, 0.5) is 10.8 Å². The fourth-order valence-electron chi connectivity index (χ4n) is 2.97. The van der Waals surface area contributed by atoms with Crippen molar-refractivity contribution in [1.82, 2.24) is 14.5 Å². The Morgan fingerprint density at radius 1 is 1.13 bits per heavy atom. The van der Waals surface area contributed by atoms with Crippen LogP contribution in [0.2, 0.25) is 0 Å². The first-order valence-electron chi connectivity index (χ1n) is 9.59. The zero-order chi connectivity index (χ0) is 21.6. The Bertz CT molecular complexity index is 1250. The Morgan fingerprint density at radius 3 is 2.71 bits per heavy atom. The smallest absolute Gasteiger partial charge is 0.307 e. The van der Waals surface area contributed by atoms with Crippen LogP contribution in [0.1, 0.15) is 12.1 Å². The van der Waals surface area contributed by atoms with Crippen LogP contribution in [0.15, 0.2) is 69.9 Å². The predicted octanol–water partition coefficient (Wildman–Crippen LogP) is 4.45. The van der Waals surface area contributed by atoms with Gasteiger partial charge in [0.2, 0.25) is 0 Å². The van der Waals surface area contributed by atoms with E-state index >= 15 is 0 Å². The minimum Gasteiger partial charge on any atom is -0.469 e. The third kappa shape index (κ3) is 5.12. The van der Waals surface area contributed by atoms with E-state index in [-0.39, 0.29) is 24.5 Å². The zero-order valence-corrected chi connectivity index (χ0v) is 18.4. The Morgan fingerprint density at radius 2 is 1.90 bits per heavy atom. The number of nitrogens with one attached hydrogen (secondary N) is 1. The van der Waals surface area contributed by atoms with Crippen molar-refractivity contribution in [3.8, 4) is 0 Å². The summed E-state index contributed by atoms with van der Waals surface area (Å²) in [6.07, 6.45) is 0.103. The molecule has 158 valence electrons. The Kier molecular flexibility index (Phi) is 6.63. The van der Waals surface area contributed by atoms with Crippen molar-refractivity contribution in [1.29, 1.82) is 0 Å². The molecule has 0 bridgehead atoms. The summed E-state index contributed by atoms with van der Waals surface area (Å²) in [4.78, 5) is 33.9. The largest absolute Gasteiger partial charge is 0.469 e. The molecule has 1 N–H and O–H groups in total. The van der Waals surface area contributed by atoms with Gasteiger partial charge in [-0.15, -0.1) is 11.3 Å². The van der Waals surface area contributed by atoms with E-state index in [1.54, 1.807) is 16.7 Å². The number of esters is 1. The first kappa shape index (κ1) is 21.1. The normalized spacial score (nSPS) is 10.9. The van der Waals surface area contributed by atoms with Crippen molar-refractivity contribution < 1.29 is 9.53 Å². The van der Waals surface area contributed by atoms with E-state index in [2.05, 4.69) is 15.3 Å². The molecule has 2 aromatic heterocycles. The van der Waals surface area contributed by atoms with Crippen LogP contribution in [0.5, 0.6) is 0 Å². The molecule has 31 heavy (non-hydrogen) atoms. The van der Waals surface area contributed by atoms with E-state index in [0.29, 0.717) is 21.8 Å². The van der Waals surface area contributed by atoms with Crippen molar-refractivity contribution in [2.24, 2.45) is 0 Å². The maximum absolute atomic E-state index is 13.0. The number of fused-ring (bicyclic) bond motifs is 1. The van der Waals surface area contributed by atoms with Crippen LogP contribution in [-0.2, 0) is 21.8 Å². The molecule has 0 spiro atoms. The summed E-state index contributed by atoms with van der Waals surface area (Å²) in [5.74, 6) is 0.183. The summed E-state index contributed by atoms with van der Waals surface area (Å²) >= 11 is 2.95. The van der Waals surface area contributed by atoms with E-state index in [1.165, 1.54) is 30.2 Å². The van der Waals surface area contributed by atoms with Crippen molar-refractivity contribution >= 4 is 50.8 Å². The molecule has 4 aromatic rings. The Labute approximate surface area is 187 Å². The average Bonchev–Trinajstić information content (AvgIpc) is 3.25. The minimum atomic E-state index is -0.368. The van der Waals surface area contributed by atoms with Gasteiger partial charge in [-0.05, 0) is 24.3 Å². The highest BCUT2D eigenvalue weighted by molar-refractivity contribution is 7.98. The molecular weight excluding hydrogens is 432 g/mol. The molecule has 0 aliphatic rings. The van der Waals surface area contributed by atoms with Gasteiger partial charge in [0.25, 0.3) is 5.56 Å². The van der Waals surface area contributed by atoms with Crippen molar-refractivity contribution in [3.63, 3.8) is 0 Å². The molecule has 2 aromatic carbocycles. The highest BCUT2D eigenvalue weighted by atomic mass is 32.2. The number of aromatic nitrogens is 3. The Hall–Kier alpha value is -3.17. The number of methoxy groups -OCH3 is 1. The lowest BCUT2D eigenvalue weighted by molar-refractivity contribution is -0.140. The summed E-state index contributed by atoms with van der Waals surface area (Å²) in [6.45, 7) is 0.212. The molecule has 0 saturated carbocycles. The van der Waals surface area contributed by atoms with Gasteiger partial charge in [-0.3, -0.25) is 14.2 Å². The van der Waals surface area contributed by atoms with Crippen molar-refractivity contribution in [2.45, 2.75) is 23.9 Å². The molecule has 0 unspecified atom stereocenters. The number of para-hydroxylation sites is 2. The van der Waals surface area contributed by atoms with E-state index in [1.807, 2.05) is 47.8 Å². The maximum atomic E-state index is 13.0. The quantitative estimate of drug-likeness (QED) is 0.240. The fourth-order valence-corrected chi connectivity index (χ4v) is 4.73. The number of benzene rings is 2. The molecule has 0 aliphatic carbocycles. The third-order valence-electron chi connectivity index (χ3n) is 4.52. The van der Waals surface area contributed by atoms with E-state index in [9.17, 15) is 9.59 Å². The lowest BCUT2D eigenvalue weighted by Crippen LogP contribution is -2.24. The van der Waals surface area contributed by atoms with Crippen molar-refractivity contribution in [3.05, 3.63) is 76.0 Å². The lowest BCUT2D eigenvalue weighted by atomic mass is 10.2. The third-order valence-corrected chi connectivity index (χ3v) is 6.34. The molecular formula is C22H20N4O3S2. The van der Waals surface area contributed by atoms with Gasteiger partial charge in [0, 0.05) is 23.4 Å². The molecule has 0 saturated heterocycles. The van der Waals surface area contributed by atoms with Crippen LogP contribution in [0, 0.1) is 0 Å². The number of thioether (sulfide) groups is 1. The molecule has 0 radical (unpaired) electrons. The first-order valence-corrected chi connectivity index (χ1v) is 11.5. The monoisotopic (exact) mass is 452 g/mol. The molecule has 4 rings (SSSR count). The number of carbonyl (C=O) groups excluding carboxylic acids is 1. The number of carbonyl (C=O) groups is 1.